The van der Waals surface area contributed by atoms with Crippen LogP contribution >= 0.6 is 0 Å². The zero-order valence-corrected chi connectivity index (χ0v) is 16.3. The highest BCUT2D eigenvalue weighted by Gasteiger charge is 2.31. The maximum absolute atomic E-state index is 12.9. The number of methoxy groups -OCH3 is 1. The summed E-state index contributed by atoms with van der Waals surface area (Å²) in [5.74, 6) is 0.335. The highest BCUT2D eigenvalue weighted by molar-refractivity contribution is 5.92. The molecule has 0 unspecified atom stereocenters. The van der Waals surface area contributed by atoms with E-state index in [1.807, 2.05) is 24.3 Å². The highest BCUT2D eigenvalue weighted by atomic mass is 16.5. The van der Waals surface area contributed by atoms with Crippen LogP contribution in [-0.4, -0.2) is 58.1 Å². The molecule has 0 radical (unpaired) electrons. The van der Waals surface area contributed by atoms with Crippen LogP contribution in [0.5, 0.6) is 5.75 Å². The molecule has 0 N–H and O–H groups in total. The molecule has 2 aromatic rings. The molecule has 2 heterocycles. The fourth-order valence-electron chi connectivity index (χ4n) is 3.43. The number of amides is 1. The molecule has 8 nitrogen and oxygen atoms in total. The van der Waals surface area contributed by atoms with Gasteiger partial charge in [-0.25, -0.2) is 4.68 Å². The van der Waals surface area contributed by atoms with E-state index >= 15 is 0 Å². The summed E-state index contributed by atoms with van der Waals surface area (Å²) in [5.41, 5.74) is 1.33. The van der Waals surface area contributed by atoms with Crippen molar-refractivity contribution >= 4 is 11.9 Å². The third-order valence-electron chi connectivity index (χ3n) is 4.86. The minimum atomic E-state index is -0.268. The molecule has 8 heteroatoms. The van der Waals surface area contributed by atoms with Crippen molar-refractivity contribution in [1.82, 2.24) is 19.9 Å². The Morgan fingerprint density at radius 3 is 2.71 bits per heavy atom. The van der Waals surface area contributed by atoms with Crippen molar-refractivity contribution in [2.45, 2.75) is 45.2 Å². The molecule has 1 aromatic heterocycles. The van der Waals surface area contributed by atoms with E-state index in [9.17, 15) is 9.59 Å². The Morgan fingerprint density at radius 2 is 2.00 bits per heavy atom. The maximum atomic E-state index is 12.9. The minimum Gasteiger partial charge on any atom is -0.497 e. The van der Waals surface area contributed by atoms with Gasteiger partial charge in [-0.05, 0) is 43.9 Å². The van der Waals surface area contributed by atoms with Gasteiger partial charge < -0.3 is 14.4 Å². The van der Waals surface area contributed by atoms with Gasteiger partial charge in [-0.2, -0.15) is 0 Å². The fourth-order valence-corrected chi connectivity index (χ4v) is 3.43. The van der Waals surface area contributed by atoms with E-state index in [1.165, 1.54) is 0 Å². The quantitative estimate of drug-likeness (QED) is 0.679. The fraction of sp³-hybridized carbons (Fsp3) is 0.500. The van der Waals surface area contributed by atoms with E-state index < -0.39 is 0 Å². The smallest absolute Gasteiger partial charge is 0.307 e. The summed E-state index contributed by atoms with van der Waals surface area (Å²) in [6, 6.07) is 7.51. The van der Waals surface area contributed by atoms with E-state index in [1.54, 1.807) is 29.8 Å². The molecule has 1 aromatic carbocycles. The molecule has 0 spiro atoms. The SMILES string of the molecule is CCOC(=O)C[C@H]1CCCCN1C(=O)c1cn(Cc2ccc(OC)cc2)nn1. The van der Waals surface area contributed by atoms with Gasteiger partial charge in [-0.1, -0.05) is 17.3 Å². The molecule has 3 rings (SSSR count). The number of benzene rings is 1. The number of carbonyl (C=O) groups excluding carboxylic acids is 2. The zero-order valence-electron chi connectivity index (χ0n) is 16.3. The normalized spacial score (nSPS) is 16.6. The lowest BCUT2D eigenvalue weighted by Gasteiger charge is -2.34. The number of ether oxygens (including phenoxy) is 2. The van der Waals surface area contributed by atoms with Gasteiger partial charge in [-0.3, -0.25) is 9.59 Å². The predicted octanol–water partition coefficient (Wildman–Crippen LogP) is 2.28. The maximum Gasteiger partial charge on any atom is 0.307 e. The summed E-state index contributed by atoms with van der Waals surface area (Å²) >= 11 is 0. The van der Waals surface area contributed by atoms with Gasteiger partial charge in [0, 0.05) is 12.6 Å². The van der Waals surface area contributed by atoms with E-state index in [0.29, 0.717) is 25.4 Å². The van der Waals surface area contributed by atoms with Gasteiger partial charge in [-0.15, -0.1) is 5.10 Å². The lowest BCUT2D eigenvalue weighted by molar-refractivity contribution is -0.144. The molecule has 1 amide bonds. The minimum absolute atomic E-state index is 0.146. The van der Waals surface area contributed by atoms with Crippen LogP contribution in [0.1, 0.15) is 48.7 Å². The summed E-state index contributed by atoms with van der Waals surface area (Å²) in [6.07, 6.45) is 4.59. The van der Waals surface area contributed by atoms with E-state index in [0.717, 1.165) is 30.6 Å². The van der Waals surface area contributed by atoms with E-state index in [-0.39, 0.29) is 24.3 Å². The average molecular weight is 386 g/mol. The summed E-state index contributed by atoms with van der Waals surface area (Å²) in [5, 5.41) is 8.13. The Labute approximate surface area is 164 Å². The molecule has 150 valence electrons. The zero-order chi connectivity index (χ0) is 19.9. The van der Waals surface area contributed by atoms with Crippen molar-refractivity contribution in [3.63, 3.8) is 0 Å². The van der Waals surface area contributed by atoms with Crippen LogP contribution < -0.4 is 4.74 Å². The lowest BCUT2D eigenvalue weighted by Crippen LogP contribution is -2.45. The van der Waals surface area contributed by atoms with Crippen LogP contribution in [0, 0.1) is 0 Å². The lowest BCUT2D eigenvalue weighted by atomic mass is 9.99. The van der Waals surface area contributed by atoms with Gasteiger partial charge >= 0.3 is 5.97 Å². The Kier molecular flexibility index (Phi) is 6.62. The second-order valence-corrected chi connectivity index (χ2v) is 6.81. The van der Waals surface area contributed by atoms with Crippen molar-refractivity contribution in [2.75, 3.05) is 20.3 Å². The Morgan fingerprint density at radius 1 is 1.21 bits per heavy atom. The van der Waals surface area contributed by atoms with Gasteiger partial charge in [0.15, 0.2) is 5.69 Å². The number of hydrogen-bond acceptors (Lipinski definition) is 6. The molecule has 28 heavy (non-hydrogen) atoms. The van der Waals surface area contributed by atoms with Crippen LogP contribution in [-0.2, 0) is 16.1 Å². The van der Waals surface area contributed by atoms with Crippen LogP contribution in [0.25, 0.3) is 0 Å². The number of piperidine rings is 1. The van der Waals surface area contributed by atoms with Crippen LogP contribution in [0.2, 0.25) is 0 Å². The van der Waals surface area contributed by atoms with Gasteiger partial charge in [0.25, 0.3) is 5.91 Å². The van der Waals surface area contributed by atoms with Crippen LogP contribution in [0.4, 0.5) is 0 Å². The van der Waals surface area contributed by atoms with Gasteiger partial charge in [0.05, 0.1) is 32.9 Å². The molecule has 1 atom stereocenters. The summed E-state index contributed by atoms with van der Waals surface area (Å²) < 4.78 is 11.8. The number of aromatic nitrogens is 3. The molecular weight excluding hydrogens is 360 g/mol. The van der Waals surface area contributed by atoms with Crippen molar-refractivity contribution in [3.05, 3.63) is 41.7 Å². The van der Waals surface area contributed by atoms with Crippen molar-refractivity contribution < 1.29 is 19.1 Å². The summed E-state index contributed by atoms with van der Waals surface area (Å²) in [6.45, 7) is 3.26. The number of hydrogen-bond donors (Lipinski definition) is 0. The Bertz CT molecular complexity index is 803. The Balaban J connectivity index is 1.66. The third kappa shape index (κ3) is 4.88. The van der Waals surface area contributed by atoms with E-state index in [4.69, 9.17) is 9.47 Å². The molecule has 0 aliphatic carbocycles. The molecule has 1 fully saturated rings. The number of nitrogens with zero attached hydrogens (tertiary/aromatic N) is 4. The standard InChI is InChI=1S/C20H26N4O4/c1-3-28-19(25)12-16-6-4-5-11-24(16)20(26)18-14-23(22-21-18)13-15-7-9-17(27-2)10-8-15/h7-10,14,16H,3-6,11-13H2,1-2H3/t16-/m1/s1. The predicted molar refractivity (Wildman–Crippen MR) is 102 cm³/mol. The van der Waals surface area contributed by atoms with Crippen molar-refractivity contribution in [1.29, 1.82) is 0 Å². The first-order chi connectivity index (χ1) is 13.6. The molecule has 1 aliphatic rings. The topological polar surface area (TPSA) is 86.5 Å². The number of likely N-dealkylation sites (tertiary alicyclic amines) is 1. The average Bonchev–Trinajstić information content (AvgIpc) is 3.17. The first-order valence-electron chi connectivity index (χ1n) is 9.60. The molecule has 1 aliphatic heterocycles. The van der Waals surface area contributed by atoms with Crippen LogP contribution in [0.3, 0.4) is 0 Å². The molecule has 0 saturated carbocycles. The largest absolute Gasteiger partial charge is 0.497 e. The first kappa shape index (κ1) is 19.9. The summed E-state index contributed by atoms with van der Waals surface area (Å²) in [4.78, 5) is 26.5. The summed E-state index contributed by atoms with van der Waals surface area (Å²) in [7, 11) is 1.63. The van der Waals surface area contributed by atoms with Gasteiger partial charge in [0.2, 0.25) is 0 Å². The molecular formula is C20H26N4O4. The molecule has 0 bridgehead atoms. The number of carbonyl (C=O) groups is 2. The first-order valence-corrected chi connectivity index (χ1v) is 9.60. The van der Waals surface area contributed by atoms with Crippen molar-refractivity contribution in [3.8, 4) is 5.75 Å². The van der Waals surface area contributed by atoms with Crippen molar-refractivity contribution in [2.24, 2.45) is 0 Å². The van der Waals surface area contributed by atoms with Gasteiger partial charge in [0.1, 0.15) is 5.75 Å². The highest BCUT2D eigenvalue weighted by Crippen LogP contribution is 2.22. The molecule has 1 saturated heterocycles. The van der Waals surface area contributed by atoms with E-state index in [2.05, 4.69) is 10.3 Å². The Hall–Kier alpha value is -2.90. The number of esters is 1. The second-order valence-electron chi connectivity index (χ2n) is 6.81. The second kappa shape index (κ2) is 9.34. The van der Waals surface area contributed by atoms with Crippen LogP contribution in [0.15, 0.2) is 30.5 Å². The monoisotopic (exact) mass is 386 g/mol. The number of rotatable bonds is 7. The third-order valence-corrected chi connectivity index (χ3v) is 4.86.